The number of hydrogen-bond donors (Lipinski definition) is 1. The number of carboxylic acid groups (broad SMARTS) is 1. The van der Waals surface area contributed by atoms with E-state index < -0.39 is 5.97 Å². The fourth-order valence-corrected chi connectivity index (χ4v) is 2.14. The van der Waals surface area contributed by atoms with Crippen molar-refractivity contribution in [3.8, 4) is 0 Å². The highest BCUT2D eigenvalue weighted by Crippen LogP contribution is 2.13. The Labute approximate surface area is 89.6 Å². The lowest BCUT2D eigenvalue weighted by Crippen LogP contribution is -2.50. The number of carboxylic acids is 1. The molecule has 0 unspecified atom stereocenters. The van der Waals surface area contributed by atoms with Crippen molar-refractivity contribution < 1.29 is 14.6 Å². The second-order valence-corrected chi connectivity index (χ2v) is 4.25. The van der Waals surface area contributed by atoms with Crippen LogP contribution in [0.2, 0.25) is 0 Å². The lowest BCUT2D eigenvalue weighted by atomic mass is 10.2. The summed E-state index contributed by atoms with van der Waals surface area (Å²) in [4.78, 5) is 15.0. The van der Waals surface area contributed by atoms with E-state index in [1.165, 1.54) is 0 Å². The molecule has 86 valence electrons. The monoisotopic (exact) mass is 214 g/mol. The minimum absolute atomic E-state index is 0.176. The normalized spacial score (nSPS) is 25.9. The molecule has 5 nitrogen and oxygen atoms in total. The largest absolute Gasteiger partial charge is 0.480 e. The molecule has 2 aliphatic heterocycles. The van der Waals surface area contributed by atoms with Gasteiger partial charge in [-0.15, -0.1) is 0 Å². The van der Waals surface area contributed by atoms with Gasteiger partial charge in [-0.05, 0) is 13.0 Å². The van der Waals surface area contributed by atoms with Gasteiger partial charge in [0.1, 0.15) is 0 Å². The Hall–Kier alpha value is -0.650. The van der Waals surface area contributed by atoms with Crippen molar-refractivity contribution in [2.45, 2.75) is 12.5 Å². The number of ether oxygens (including phenoxy) is 1. The Balaban J connectivity index is 1.78. The molecule has 0 aromatic heterocycles. The Morgan fingerprint density at radius 1 is 1.27 bits per heavy atom. The first-order valence-electron chi connectivity index (χ1n) is 5.51. The zero-order valence-corrected chi connectivity index (χ0v) is 8.89. The van der Waals surface area contributed by atoms with Gasteiger partial charge in [-0.25, -0.2) is 0 Å². The van der Waals surface area contributed by atoms with Crippen LogP contribution in [-0.2, 0) is 9.53 Å². The molecule has 0 aromatic carbocycles. The molecule has 0 atom stereocenters. The standard InChI is InChI=1S/C10H18N2O3/c13-10(14)6-11-2-1-3-12(5-4-11)9-7-15-8-9/h9H,1-8H2,(H,13,14). The first-order chi connectivity index (χ1) is 7.25. The van der Waals surface area contributed by atoms with E-state index in [0.717, 1.165) is 45.8 Å². The summed E-state index contributed by atoms with van der Waals surface area (Å²) in [7, 11) is 0. The first kappa shape index (κ1) is 10.9. The average Bonchev–Trinajstić information content (AvgIpc) is 2.27. The fourth-order valence-electron chi connectivity index (χ4n) is 2.14. The van der Waals surface area contributed by atoms with Crippen LogP contribution in [0.1, 0.15) is 6.42 Å². The highest BCUT2D eigenvalue weighted by molar-refractivity contribution is 5.69. The van der Waals surface area contributed by atoms with Crippen molar-refractivity contribution in [2.75, 3.05) is 45.9 Å². The van der Waals surface area contributed by atoms with E-state index in [1.54, 1.807) is 0 Å². The Bertz CT molecular complexity index is 231. The van der Waals surface area contributed by atoms with E-state index in [2.05, 4.69) is 4.90 Å². The van der Waals surface area contributed by atoms with E-state index in [0.29, 0.717) is 6.04 Å². The summed E-state index contributed by atoms with van der Waals surface area (Å²) in [6.07, 6.45) is 1.06. The van der Waals surface area contributed by atoms with E-state index in [9.17, 15) is 4.79 Å². The molecule has 0 saturated carbocycles. The molecule has 0 radical (unpaired) electrons. The fraction of sp³-hybridized carbons (Fsp3) is 0.900. The summed E-state index contributed by atoms with van der Waals surface area (Å²) in [6.45, 7) is 5.68. The molecule has 2 heterocycles. The molecule has 2 rings (SSSR count). The van der Waals surface area contributed by atoms with Crippen LogP contribution in [0.5, 0.6) is 0 Å². The SMILES string of the molecule is O=C(O)CN1CCCN(C2COC2)CC1. The Morgan fingerprint density at radius 2 is 2.07 bits per heavy atom. The van der Waals surface area contributed by atoms with Gasteiger partial charge in [0.15, 0.2) is 0 Å². The van der Waals surface area contributed by atoms with E-state index in [-0.39, 0.29) is 6.54 Å². The van der Waals surface area contributed by atoms with Crippen molar-refractivity contribution in [1.82, 2.24) is 9.80 Å². The molecule has 0 spiro atoms. The predicted octanol–water partition coefficient (Wildman–Crippen LogP) is -0.522. The Kier molecular flexibility index (Phi) is 3.56. The van der Waals surface area contributed by atoms with E-state index in [1.807, 2.05) is 4.90 Å². The first-order valence-corrected chi connectivity index (χ1v) is 5.51. The predicted molar refractivity (Wildman–Crippen MR) is 54.9 cm³/mol. The summed E-state index contributed by atoms with van der Waals surface area (Å²) in [5.41, 5.74) is 0. The van der Waals surface area contributed by atoms with Gasteiger partial charge in [-0.1, -0.05) is 0 Å². The van der Waals surface area contributed by atoms with Gasteiger partial charge in [-0.2, -0.15) is 0 Å². The smallest absolute Gasteiger partial charge is 0.317 e. The molecule has 1 N–H and O–H groups in total. The second kappa shape index (κ2) is 4.92. The average molecular weight is 214 g/mol. The quantitative estimate of drug-likeness (QED) is 0.685. The van der Waals surface area contributed by atoms with Gasteiger partial charge in [0, 0.05) is 19.6 Å². The summed E-state index contributed by atoms with van der Waals surface area (Å²) in [5.74, 6) is -0.726. The maximum absolute atomic E-state index is 10.6. The lowest BCUT2D eigenvalue weighted by molar-refractivity contribution is -0.138. The third kappa shape index (κ3) is 2.90. The highest BCUT2D eigenvalue weighted by atomic mass is 16.5. The van der Waals surface area contributed by atoms with Crippen LogP contribution >= 0.6 is 0 Å². The molecule has 15 heavy (non-hydrogen) atoms. The van der Waals surface area contributed by atoms with Gasteiger partial charge in [0.25, 0.3) is 0 Å². The number of aliphatic carboxylic acids is 1. The summed E-state index contributed by atoms with van der Waals surface area (Å²) in [5, 5.41) is 8.71. The van der Waals surface area contributed by atoms with Crippen molar-refractivity contribution in [2.24, 2.45) is 0 Å². The zero-order chi connectivity index (χ0) is 10.7. The van der Waals surface area contributed by atoms with Crippen LogP contribution in [0.3, 0.4) is 0 Å². The van der Waals surface area contributed by atoms with Gasteiger partial charge >= 0.3 is 5.97 Å². The third-order valence-electron chi connectivity index (χ3n) is 3.12. The van der Waals surface area contributed by atoms with Crippen molar-refractivity contribution in [3.63, 3.8) is 0 Å². The minimum atomic E-state index is -0.726. The molecule has 0 amide bonds. The molecule has 5 heteroatoms. The van der Waals surface area contributed by atoms with Crippen LogP contribution in [0.4, 0.5) is 0 Å². The topological polar surface area (TPSA) is 53.0 Å². The van der Waals surface area contributed by atoms with Gasteiger partial charge < -0.3 is 9.84 Å². The van der Waals surface area contributed by atoms with E-state index in [4.69, 9.17) is 9.84 Å². The molecule has 0 bridgehead atoms. The zero-order valence-electron chi connectivity index (χ0n) is 8.89. The summed E-state index contributed by atoms with van der Waals surface area (Å²) < 4.78 is 5.17. The molecule has 2 fully saturated rings. The molecule has 2 aliphatic rings. The maximum Gasteiger partial charge on any atom is 0.317 e. The van der Waals surface area contributed by atoms with E-state index >= 15 is 0 Å². The number of nitrogens with zero attached hydrogens (tertiary/aromatic N) is 2. The van der Waals surface area contributed by atoms with Gasteiger partial charge in [0.2, 0.25) is 0 Å². The van der Waals surface area contributed by atoms with Crippen molar-refractivity contribution >= 4 is 5.97 Å². The maximum atomic E-state index is 10.6. The lowest BCUT2D eigenvalue weighted by Gasteiger charge is -2.36. The van der Waals surface area contributed by atoms with Crippen LogP contribution in [0.25, 0.3) is 0 Å². The number of rotatable bonds is 3. The van der Waals surface area contributed by atoms with Crippen LogP contribution in [-0.4, -0.2) is 72.9 Å². The highest BCUT2D eigenvalue weighted by Gasteiger charge is 2.27. The molecular weight excluding hydrogens is 196 g/mol. The number of carbonyl (C=O) groups is 1. The van der Waals surface area contributed by atoms with Gasteiger partial charge in [-0.3, -0.25) is 14.6 Å². The van der Waals surface area contributed by atoms with Crippen LogP contribution in [0, 0.1) is 0 Å². The molecular formula is C10H18N2O3. The van der Waals surface area contributed by atoms with Crippen LogP contribution in [0.15, 0.2) is 0 Å². The van der Waals surface area contributed by atoms with Crippen molar-refractivity contribution in [1.29, 1.82) is 0 Å². The van der Waals surface area contributed by atoms with Crippen LogP contribution < -0.4 is 0 Å². The van der Waals surface area contributed by atoms with Crippen molar-refractivity contribution in [3.05, 3.63) is 0 Å². The summed E-state index contributed by atoms with van der Waals surface area (Å²) in [6, 6.07) is 0.578. The molecule has 0 aliphatic carbocycles. The third-order valence-corrected chi connectivity index (χ3v) is 3.12. The minimum Gasteiger partial charge on any atom is -0.480 e. The second-order valence-electron chi connectivity index (χ2n) is 4.25. The molecule has 2 saturated heterocycles. The Morgan fingerprint density at radius 3 is 2.67 bits per heavy atom. The molecule has 0 aromatic rings. The van der Waals surface area contributed by atoms with Gasteiger partial charge in [0.05, 0.1) is 25.8 Å². The number of hydrogen-bond acceptors (Lipinski definition) is 4. The summed E-state index contributed by atoms with van der Waals surface area (Å²) >= 11 is 0.